The topological polar surface area (TPSA) is 101 Å². The zero-order chi connectivity index (χ0) is 15.0. The molecule has 3 N–H and O–H groups in total. The molecule has 2 amide bonds. The summed E-state index contributed by atoms with van der Waals surface area (Å²) in [5, 5.41) is 9.30. The van der Waals surface area contributed by atoms with E-state index in [1.807, 2.05) is 0 Å². The molecule has 1 saturated heterocycles. The fourth-order valence-corrected chi connectivity index (χ4v) is 3.21. The molecule has 0 spiro atoms. The zero-order valence-electron chi connectivity index (χ0n) is 11.8. The number of piperidine rings is 1. The molecule has 0 aromatic heterocycles. The third-order valence-electron chi connectivity index (χ3n) is 3.85. The molecule has 1 rings (SSSR count). The molecule has 1 fully saturated rings. The lowest BCUT2D eigenvalue weighted by atomic mass is 9.78. The third kappa shape index (κ3) is 3.05. The number of rotatable bonds is 4. The van der Waals surface area contributed by atoms with Crippen molar-refractivity contribution in [3.8, 4) is 0 Å². The second kappa shape index (κ2) is 5.19. The van der Waals surface area contributed by atoms with Crippen LogP contribution in [0.3, 0.4) is 0 Å². The minimum absolute atomic E-state index is 0.0177. The van der Waals surface area contributed by atoms with Gasteiger partial charge in [-0.1, -0.05) is 6.92 Å². The van der Waals surface area contributed by atoms with Crippen LogP contribution in [-0.2, 0) is 14.4 Å². The first-order chi connectivity index (χ1) is 8.58. The van der Waals surface area contributed by atoms with E-state index < -0.39 is 29.4 Å². The lowest BCUT2D eigenvalue weighted by Gasteiger charge is -2.48. The molecule has 3 atom stereocenters. The Balaban J connectivity index is 3.08. The monoisotopic (exact) mass is 270 g/mol. The molecule has 108 valence electrons. The number of aliphatic carboxylic acids is 1. The Hall–Kier alpha value is -1.59. The standard InChI is InChI=1S/C13H22N2O4/c1-7-5-10(17)15(8(2)11(7)12(18)19)13(3,4)6-9(14)16/h7-8,11H,5-6H2,1-4H3,(H2,14,16)(H,18,19). The number of amides is 2. The highest BCUT2D eigenvalue weighted by molar-refractivity contribution is 5.83. The van der Waals surface area contributed by atoms with Gasteiger partial charge in [0.1, 0.15) is 0 Å². The number of nitrogens with zero attached hydrogens (tertiary/aromatic N) is 1. The molecule has 19 heavy (non-hydrogen) atoms. The van der Waals surface area contributed by atoms with Gasteiger partial charge in [0.15, 0.2) is 0 Å². The Morgan fingerprint density at radius 2 is 1.95 bits per heavy atom. The van der Waals surface area contributed by atoms with Crippen LogP contribution in [0.2, 0.25) is 0 Å². The maximum Gasteiger partial charge on any atom is 0.308 e. The first kappa shape index (κ1) is 15.5. The zero-order valence-corrected chi connectivity index (χ0v) is 11.8. The van der Waals surface area contributed by atoms with Crippen molar-refractivity contribution in [3.05, 3.63) is 0 Å². The van der Waals surface area contributed by atoms with E-state index in [0.29, 0.717) is 0 Å². The number of primary amides is 1. The van der Waals surface area contributed by atoms with Crippen molar-refractivity contribution < 1.29 is 19.5 Å². The molecular formula is C13H22N2O4. The molecule has 6 heteroatoms. The van der Waals surface area contributed by atoms with E-state index in [1.54, 1.807) is 27.7 Å². The van der Waals surface area contributed by atoms with Crippen LogP contribution in [-0.4, -0.2) is 39.4 Å². The van der Waals surface area contributed by atoms with Gasteiger partial charge in [-0.05, 0) is 26.7 Å². The molecule has 0 aromatic rings. The first-order valence-corrected chi connectivity index (χ1v) is 6.41. The summed E-state index contributed by atoms with van der Waals surface area (Å²) in [5.74, 6) is -2.36. The minimum Gasteiger partial charge on any atom is -0.481 e. The Kier molecular flexibility index (Phi) is 4.22. The summed E-state index contributed by atoms with van der Waals surface area (Å²) in [4.78, 5) is 36.2. The number of hydrogen-bond donors (Lipinski definition) is 2. The highest BCUT2D eigenvalue weighted by Crippen LogP contribution is 2.35. The van der Waals surface area contributed by atoms with Crippen LogP contribution < -0.4 is 5.73 Å². The molecule has 0 radical (unpaired) electrons. The van der Waals surface area contributed by atoms with Crippen molar-refractivity contribution >= 4 is 17.8 Å². The number of carboxylic acid groups (broad SMARTS) is 1. The van der Waals surface area contributed by atoms with Crippen LogP contribution in [0.5, 0.6) is 0 Å². The first-order valence-electron chi connectivity index (χ1n) is 6.41. The highest BCUT2D eigenvalue weighted by Gasteiger charge is 2.47. The van der Waals surface area contributed by atoms with Gasteiger partial charge in [0.2, 0.25) is 11.8 Å². The number of likely N-dealkylation sites (tertiary alicyclic amines) is 1. The van der Waals surface area contributed by atoms with Gasteiger partial charge in [-0.3, -0.25) is 14.4 Å². The van der Waals surface area contributed by atoms with Gasteiger partial charge in [0.25, 0.3) is 0 Å². The summed E-state index contributed by atoms with van der Waals surface area (Å²) in [5.41, 5.74) is 4.44. The van der Waals surface area contributed by atoms with E-state index in [0.717, 1.165) is 0 Å². The smallest absolute Gasteiger partial charge is 0.308 e. The van der Waals surface area contributed by atoms with Crippen molar-refractivity contribution in [2.75, 3.05) is 0 Å². The normalized spacial score (nSPS) is 28.3. The second-order valence-corrected chi connectivity index (χ2v) is 6.01. The van der Waals surface area contributed by atoms with Crippen LogP contribution >= 0.6 is 0 Å². The average Bonchev–Trinajstić information content (AvgIpc) is 2.11. The van der Waals surface area contributed by atoms with Crippen LogP contribution in [0.4, 0.5) is 0 Å². The molecule has 0 aliphatic carbocycles. The number of carbonyl (C=O) groups is 3. The summed E-state index contributed by atoms with van der Waals surface area (Å²) in [6.07, 6.45) is 0.202. The Labute approximate surface area is 112 Å². The predicted molar refractivity (Wildman–Crippen MR) is 69.1 cm³/mol. The van der Waals surface area contributed by atoms with Gasteiger partial charge in [-0.15, -0.1) is 0 Å². The lowest BCUT2D eigenvalue weighted by Crippen LogP contribution is -2.61. The second-order valence-electron chi connectivity index (χ2n) is 6.01. The van der Waals surface area contributed by atoms with Gasteiger partial charge in [-0.2, -0.15) is 0 Å². The van der Waals surface area contributed by atoms with Crippen molar-refractivity contribution in [3.63, 3.8) is 0 Å². The summed E-state index contributed by atoms with van der Waals surface area (Å²) in [7, 11) is 0. The van der Waals surface area contributed by atoms with E-state index in [9.17, 15) is 19.5 Å². The van der Waals surface area contributed by atoms with Crippen molar-refractivity contribution in [1.29, 1.82) is 0 Å². The summed E-state index contributed by atoms with van der Waals surface area (Å²) in [6, 6.07) is -0.455. The van der Waals surface area contributed by atoms with Gasteiger partial charge in [0, 0.05) is 24.4 Å². The van der Waals surface area contributed by atoms with E-state index in [2.05, 4.69) is 0 Å². The van der Waals surface area contributed by atoms with Crippen molar-refractivity contribution in [2.24, 2.45) is 17.6 Å². The van der Waals surface area contributed by atoms with Gasteiger partial charge in [-0.25, -0.2) is 0 Å². The number of carboxylic acids is 1. The molecule has 1 heterocycles. The number of nitrogens with two attached hydrogens (primary N) is 1. The molecule has 0 aromatic carbocycles. The molecule has 1 aliphatic rings. The minimum atomic E-state index is -0.910. The maximum atomic E-state index is 12.2. The molecular weight excluding hydrogens is 248 g/mol. The van der Waals surface area contributed by atoms with Crippen molar-refractivity contribution in [2.45, 2.75) is 52.1 Å². The quantitative estimate of drug-likeness (QED) is 0.781. The van der Waals surface area contributed by atoms with Crippen LogP contribution in [0.15, 0.2) is 0 Å². The summed E-state index contributed by atoms with van der Waals surface area (Å²) < 4.78 is 0. The molecule has 3 unspecified atom stereocenters. The fourth-order valence-electron chi connectivity index (χ4n) is 3.21. The van der Waals surface area contributed by atoms with E-state index in [4.69, 9.17) is 5.73 Å². The summed E-state index contributed by atoms with van der Waals surface area (Å²) in [6.45, 7) is 6.96. The lowest BCUT2D eigenvalue weighted by molar-refractivity contribution is -0.160. The molecule has 1 aliphatic heterocycles. The van der Waals surface area contributed by atoms with Crippen molar-refractivity contribution in [1.82, 2.24) is 4.90 Å². The highest BCUT2D eigenvalue weighted by atomic mass is 16.4. The van der Waals surface area contributed by atoms with E-state index >= 15 is 0 Å². The van der Waals surface area contributed by atoms with Crippen LogP contribution in [0.25, 0.3) is 0 Å². The largest absolute Gasteiger partial charge is 0.481 e. The molecule has 0 bridgehead atoms. The van der Waals surface area contributed by atoms with E-state index in [1.165, 1.54) is 4.90 Å². The Morgan fingerprint density at radius 1 is 1.42 bits per heavy atom. The third-order valence-corrected chi connectivity index (χ3v) is 3.85. The van der Waals surface area contributed by atoms with E-state index in [-0.39, 0.29) is 24.7 Å². The predicted octanol–water partition coefficient (Wildman–Crippen LogP) is 0.598. The number of carbonyl (C=O) groups excluding carboxylic acids is 2. The Bertz CT molecular complexity index is 405. The van der Waals surface area contributed by atoms with Gasteiger partial charge in [0.05, 0.1) is 5.92 Å². The molecule has 6 nitrogen and oxygen atoms in total. The van der Waals surface area contributed by atoms with Crippen LogP contribution in [0.1, 0.15) is 40.5 Å². The average molecular weight is 270 g/mol. The number of hydrogen-bond acceptors (Lipinski definition) is 3. The Morgan fingerprint density at radius 3 is 2.37 bits per heavy atom. The fraction of sp³-hybridized carbons (Fsp3) is 0.769. The summed E-state index contributed by atoms with van der Waals surface area (Å²) >= 11 is 0. The SMILES string of the molecule is CC1CC(=O)N(C(C)(C)CC(N)=O)C(C)C1C(=O)O. The maximum absolute atomic E-state index is 12.2. The van der Waals surface area contributed by atoms with Gasteiger partial charge >= 0.3 is 5.97 Å². The van der Waals surface area contributed by atoms with Crippen LogP contribution in [0, 0.1) is 11.8 Å². The molecule has 0 saturated carbocycles. The van der Waals surface area contributed by atoms with Gasteiger partial charge < -0.3 is 15.7 Å².